The highest BCUT2D eigenvalue weighted by Gasteiger charge is 2.26. The lowest BCUT2D eigenvalue weighted by Crippen LogP contribution is -2.26. The minimum atomic E-state index is -0.774. The first-order chi connectivity index (χ1) is 16.1. The van der Waals surface area contributed by atoms with E-state index in [9.17, 15) is 4.79 Å². The Morgan fingerprint density at radius 2 is 2.06 bits per heavy atom. The Bertz CT molecular complexity index is 1080. The third kappa shape index (κ3) is 5.74. The summed E-state index contributed by atoms with van der Waals surface area (Å²) in [6.07, 6.45) is 0.170. The number of hydrogen-bond acceptors (Lipinski definition) is 10. The van der Waals surface area contributed by atoms with Crippen molar-refractivity contribution in [1.29, 1.82) is 0 Å². The van der Waals surface area contributed by atoms with Gasteiger partial charge in [0, 0.05) is 25.7 Å². The summed E-state index contributed by atoms with van der Waals surface area (Å²) in [6, 6.07) is 11.4. The van der Waals surface area contributed by atoms with Crippen LogP contribution in [0.4, 0.5) is 16.1 Å². The second-order valence-electron chi connectivity index (χ2n) is 7.62. The van der Waals surface area contributed by atoms with Gasteiger partial charge in [-0.15, -0.1) is 15.3 Å². The molecule has 3 aromatic rings. The van der Waals surface area contributed by atoms with Gasteiger partial charge in [0.2, 0.25) is 10.3 Å². The van der Waals surface area contributed by atoms with Crippen LogP contribution in [0.25, 0.3) is 0 Å². The highest BCUT2D eigenvalue weighted by Crippen LogP contribution is 2.27. The van der Waals surface area contributed by atoms with Gasteiger partial charge in [-0.25, -0.2) is 0 Å². The molecule has 0 radical (unpaired) electrons. The SMILES string of the molecule is CCO[C@@H](C(=O)Nc1nnc(N[C@@H]2CCN(c3ccc(C)nn3)C2)s1)c1cccc(OC)c1. The second kappa shape index (κ2) is 10.5. The number of anilines is 3. The number of carbonyl (C=O) groups is 1. The molecule has 0 unspecified atom stereocenters. The van der Waals surface area contributed by atoms with Crippen LogP contribution < -0.4 is 20.3 Å². The molecule has 0 bridgehead atoms. The van der Waals surface area contributed by atoms with Gasteiger partial charge >= 0.3 is 0 Å². The summed E-state index contributed by atoms with van der Waals surface area (Å²) >= 11 is 1.29. The Kier molecular flexibility index (Phi) is 7.30. The molecule has 2 N–H and O–H groups in total. The van der Waals surface area contributed by atoms with Crippen LogP contribution in [0.2, 0.25) is 0 Å². The minimum absolute atomic E-state index is 0.206. The maximum Gasteiger partial charge on any atom is 0.259 e. The number of nitrogens with zero attached hydrogens (tertiary/aromatic N) is 5. The molecule has 2 aromatic heterocycles. The predicted octanol–water partition coefficient (Wildman–Crippen LogP) is 3.05. The van der Waals surface area contributed by atoms with Crippen molar-refractivity contribution in [2.24, 2.45) is 0 Å². The van der Waals surface area contributed by atoms with E-state index in [1.54, 1.807) is 13.2 Å². The molecule has 2 atom stereocenters. The smallest absolute Gasteiger partial charge is 0.259 e. The standard InChI is InChI=1S/C22H27N7O3S/c1-4-32-19(15-6-5-7-17(12-15)31-3)20(30)24-22-28-27-21(33-22)23-16-10-11-29(13-16)18-9-8-14(2)25-26-18/h5-9,12,16,19H,4,10-11,13H2,1-3H3,(H,23,27)(H,24,28,30)/t16-,19-/m1/s1. The molecule has 3 heterocycles. The van der Waals surface area contributed by atoms with E-state index in [2.05, 4.69) is 35.9 Å². The lowest BCUT2D eigenvalue weighted by atomic mass is 10.1. The molecule has 11 heteroatoms. The topological polar surface area (TPSA) is 114 Å². The maximum atomic E-state index is 12.9. The molecule has 174 valence electrons. The molecule has 1 aliphatic rings. The Morgan fingerprint density at radius 1 is 1.21 bits per heavy atom. The quantitative estimate of drug-likeness (QED) is 0.488. The largest absolute Gasteiger partial charge is 0.497 e. The number of amides is 1. The van der Waals surface area contributed by atoms with Gasteiger partial charge in [-0.3, -0.25) is 10.1 Å². The van der Waals surface area contributed by atoms with Crippen molar-refractivity contribution in [2.75, 3.05) is 42.3 Å². The van der Waals surface area contributed by atoms with Gasteiger partial charge in [-0.1, -0.05) is 23.5 Å². The van der Waals surface area contributed by atoms with Gasteiger partial charge in [-0.2, -0.15) is 5.10 Å². The van der Waals surface area contributed by atoms with Crippen LogP contribution >= 0.6 is 11.3 Å². The van der Waals surface area contributed by atoms with E-state index < -0.39 is 6.10 Å². The number of ether oxygens (including phenoxy) is 2. The summed E-state index contributed by atoms with van der Waals surface area (Å²) in [5.41, 5.74) is 1.61. The van der Waals surface area contributed by atoms with Gasteiger partial charge in [0.05, 0.1) is 12.8 Å². The Labute approximate surface area is 196 Å². The summed E-state index contributed by atoms with van der Waals surface area (Å²) in [6.45, 7) is 5.84. The van der Waals surface area contributed by atoms with Crippen molar-refractivity contribution < 1.29 is 14.3 Å². The van der Waals surface area contributed by atoms with E-state index in [1.807, 2.05) is 44.2 Å². The Hall–Kier alpha value is -3.31. The van der Waals surface area contributed by atoms with Gasteiger partial charge in [0.15, 0.2) is 11.9 Å². The Morgan fingerprint density at radius 3 is 2.82 bits per heavy atom. The first-order valence-corrected chi connectivity index (χ1v) is 11.6. The number of nitrogens with one attached hydrogen (secondary N) is 2. The number of methoxy groups -OCH3 is 1. The fourth-order valence-corrected chi connectivity index (χ4v) is 4.34. The van der Waals surface area contributed by atoms with Gasteiger partial charge in [0.1, 0.15) is 5.75 Å². The van der Waals surface area contributed by atoms with E-state index in [1.165, 1.54) is 11.3 Å². The van der Waals surface area contributed by atoms with E-state index in [4.69, 9.17) is 9.47 Å². The average molecular weight is 470 g/mol. The van der Waals surface area contributed by atoms with Crippen molar-refractivity contribution in [3.63, 3.8) is 0 Å². The summed E-state index contributed by atoms with van der Waals surface area (Å²) in [5.74, 6) is 1.22. The predicted molar refractivity (Wildman–Crippen MR) is 127 cm³/mol. The average Bonchev–Trinajstić information content (AvgIpc) is 3.47. The van der Waals surface area contributed by atoms with Crippen molar-refractivity contribution in [3.05, 3.63) is 47.7 Å². The zero-order valence-electron chi connectivity index (χ0n) is 18.8. The number of hydrogen-bond donors (Lipinski definition) is 2. The van der Waals surface area contributed by atoms with Crippen LogP contribution in [0.15, 0.2) is 36.4 Å². The van der Waals surface area contributed by atoms with E-state index >= 15 is 0 Å². The third-order valence-electron chi connectivity index (χ3n) is 5.25. The number of benzene rings is 1. The number of aromatic nitrogens is 4. The number of rotatable bonds is 9. The molecular formula is C22H27N7O3S. The summed E-state index contributed by atoms with van der Waals surface area (Å²) < 4.78 is 11.0. The van der Waals surface area contributed by atoms with Crippen LogP contribution in [-0.2, 0) is 9.53 Å². The number of aryl methyl sites for hydroxylation is 1. The lowest BCUT2D eigenvalue weighted by molar-refractivity contribution is -0.127. The molecule has 0 spiro atoms. The highest BCUT2D eigenvalue weighted by atomic mass is 32.1. The van der Waals surface area contributed by atoms with Crippen LogP contribution in [-0.4, -0.2) is 59.1 Å². The second-order valence-corrected chi connectivity index (χ2v) is 8.60. The fraction of sp³-hybridized carbons (Fsp3) is 0.409. The van der Waals surface area contributed by atoms with Crippen molar-refractivity contribution in [3.8, 4) is 5.75 Å². The normalized spacial score (nSPS) is 16.5. The molecule has 1 aliphatic heterocycles. The molecule has 10 nitrogen and oxygen atoms in total. The molecule has 1 aromatic carbocycles. The third-order valence-corrected chi connectivity index (χ3v) is 6.02. The first-order valence-electron chi connectivity index (χ1n) is 10.8. The minimum Gasteiger partial charge on any atom is -0.497 e. The Balaban J connectivity index is 1.35. The molecule has 0 saturated carbocycles. The van der Waals surface area contributed by atoms with Gasteiger partial charge in [-0.05, 0) is 50.1 Å². The molecule has 1 saturated heterocycles. The zero-order chi connectivity index (χ0) is 23.2. The van der Waals surface area contributed by atoms with Crippen LogP contribution in [0, 0.1) is 6.92 Å². The maximum absolute atomic E-state index is 12.9. The van der Waals surface area contributed by atoms with Crippen molar-refractivity contribution in [2.45, 2.75) is 32.4 Å². The summed E-state index contributed by atoms with van der Waals surface area (Å²) in [4.78, 5) is 15.1. The highest BCUT2D eigenvalue weighted by molar-refractivity contribution is 7.19. The summed E-state index contributed by atoms with van der Waals surface area (Å²) in [7, 11) is 1.59. The number of carbonyl (C=O) groups excluding carboxylic acids is 1. The molecule has 1 fully saturated rings. The first kappa shape index (κ1) is 22.9. The van der Waals surface area contributed by atoms with E-state index in [0.29, 0.717) is 28.2 Å². The van der Waals surface area contributed by atoms with Gasteiger partial charge < -0.3 is 19.7 Å². The van der Waals surface area contributed by atoms with E-state index in [-0.39, 0.29) is 11.9 Å². The fourth-order valence-electron chi connectivity index (χ4n) is 3.62. The lowest BCUT2D eigenvalue weighted by Gasteiger charge is -2.17. The van der Waals surface area contributed by atoms with Crippen LogP contribution in [0.5, 0.6) is 5.75 Å². The van der Waals surface area contributed by atoms with Crippen LogP contribution in [0.1, 0.15) is 30.7 Å². The van der Waals surface area contributed by atoms with Crippen LogP contribution in [0.3, 0.4) is 0 Å². The summed E-state index contributed by atoms with van der Waals surface area (Å²) in [5, 5.41) is 24.0. The molecule has 33 heavy (non-hydrogen) atoms. The van der Waals surface area contributed by atoms with Gasteiger partial charge in [0.25, 0.3) is 5.91 Å². The molecule has 4 rings (SSSR count). The van der Waals surface area contributed by atoms with Crippen molar-refractivity contribution >= 4 is 33.3 Å². The zero-order valence-corrected chi connectivity index (χ0v) is 19.6. The molecule has 1 amide bonds. The monoisotopic (exact) mass is 469 g/mol. The van der Waals surface area contributed by atoms with E-state index in [0.717, 1.165) is 31.0 Å². The van der Waals surface area contributed by atoms with Crippen molar-refractivity contribution in [1.82, 2.24) is 20.4 Å². The molecular weight excluding hydrogens is 442 g/mol. The molecule has 0 aliphatic carbocycles.